The maximum absolute atomic E-state index is 11.3. The highest BCUT2D eigenvalue weighted by molar-refractivity contribution is 5.68. The van der Waals surface area contributed by atoms with Crippen molar-refractivity contribution in [2.45, 2.75) is 51.4 Å². The summed E-state index contributed by atoms with van der Waals surface area (Å²) in [5.74, 6) is 0. The lowest BCUT2D eigenvalue weighted by Crippen LogP contribution is -2.50. The first-order chi connectivity index (χ1) is 7.26. The lowest BCUT2D eigenvalue weighted by Gasteiger charge is -2.34. The van der Waals surface area contributed by atoms with Gasteiger partial charge >= 0.3 is 12.2 Å². The molecule has 1 aliphatic rings. The van der Waals surface area contributed by atoms with Crippen LogP contribution in [0.15, 0.2) is 0 Å². The molecule has 1 fully saturated rings. The Balaban J connectivity index is 2.17. The molecule has 0 radical (unpaired) electrons. The Morgan fingerprint density at radius 3 is 2.31 bits per heavy atom. The zero-order valence-electron chi connectivity index (χ0n) is 9.78. The predicted octanol–water partition coefficient (Wildman–Crippen LogP) is 1.14. The lowest BCUT2D eigenvalue weighted by atomic mass is 9.89. The largest absolute Gasteiger partial charge is 0.446 e. The van der Waals surface area contributed by atoms with Gasteiger partial charge in [-0.3, -0.25) is 0 Å². The number of hydrogen-bond donors (Lipinski definition) is 2. The highest BCUT2D eigenvalue weighted by Crippen LogP contribution is 2.23. The summed E-state index contributed by atoms with van der Waals surface area (Å²) in [5.41, 5.74) is 4.36. The van der Waals surface area contributed by atoms with E-state index < -0.39 is 17.8 Å². The Labute approximate surface area is 94.5 Å². The summed E-state index contributed by atoms with van der Waals surface area (Å²) in [4.78, 5) is 21.7. The third-order valence-corrected chi connectivity index (χ3v) is 2.10. The maximum Gasteiger partial charge on any atom is 0.407 e. The third-order valence-electron chi connectivity index (χ3n) is 2.10. The van der Waals surface area contributed by atoms with Gasteiger partial charge in [0.25, 0.3) is 0 Å². The number of nitrogens with two attached hydrogens (primary N) is 1. The molecule has 0 spiro atoms. The smallest absolute Gasteiger partial charge is 0.407 e. The first-order valence-electron chi connectivity index (χ1n) is 5.22. The van der Waals surface area contributed by atoms with E-state index in [1.807, 2.05) is 0 Å². The van der Waals surface area contributed by atoms with Gasteiger partial charge < -0.3 is 20.5 Å². The number of hydrogen-bond acceptors (Lipinski definition) is 4. The highest BCUT2D eigenvalue weighted by Gasteiger charge is 2.33. The summed E-state index contributed by atoms with van der Waals surface area (Å²) in [6.07, 6.45) is -0.238. The second-order valence-electron chi connectivity index (χ2n) is 4.87. The Bertz CT molecular complexity index is 279. The minimum atomic E-state index is -0.777. The number of carbonyl (C=O) groups excluding carboxylic acids is 2. The van der Waals surface area contributed by atoms with Crippen molar-refractivity contribution in [2.75, 3.05) is 0 Å². The Morgan fingerprint density at radius 1 is 1.31 bits per heavy atom. The van der Waals surface area contributed by atoms with Crippen molar-refractivity contribution in [1.82, 2.24) is 5.32 Å². The zero-order valence-corrected chi connectivity index (χ0v) is 9.78. The predicted molar refractivity (Wildman–Crippen MR) is 56.8 cm³/mol. The Morgan fingerprint density at radius 2 is 1.88 bits per heavy atom. The van der Waals surface area contributed by atoms with Gasteiger partial charge in [0.15, 0.2) is 0 Å². The number of nitrogens with one attached hydrogen (secondary N) is 1. The third kappa shape index (κ3) is 4.37. The van der Waals surface area contributed by atoms with E-state index in [9.17, 15) is 9.59 Å². The van der Waals surface area contributed by atoms with Crippen molar-refractivity contribution >= 4 is 12.2 Å². The SMILES string of the molecule is CC(C)(C)OC(=O)NC1CC(OC(N)=O)C1. The second-order valence-corrected chi connectivity index (χ2v) is 4.87. The average molecular weight is 230 g/mol. The molecule has 0 aromatic carbocycles. The van der Waals surface area contributed by atoms with Crippen molar-refractivity contribution in [3.8, 4) is 0 Å². The van der Waals surface area contributed by atoms with Crippen LogP contribution in [-0.2, 0) is 9.47 Å². The van der Waals surface area contributed by atoms with E-state index in [1.54, 1.807) is 20.8 Å². The van der Waals surface area contributed by atoms with Gasteiger partial charge in [0.2, 0.25) is 0 Å². The van der Waals surface area contributed by atoms with Gasteiger partial charge in [-0.05, 0) is 20.8 Å². The van der Waals surface area contributed by atoms with Gasteiger partial charge in [-0.25, -0.2) is 9.59 Å². The van der Waals surface area contributed by atoms with Crippen LogP contribution in [0, 0.1) is 0 Å². The van der Waals surface area contributed by atoms with E-state index >= 15 is 0 Å². The van der Waals surface area contributed by atoms with Crippen LogP contribution >= 0.6 is 0 Å². The van der Waals surface area contributed by atoms with Gasteiger partial charge in [0.1, 0.15) is 11.7 Å². The minimum Gasteiger partial charge on any atom is -0.446 e. The van der Waals surface area contributed by atoms with Gasteiger partial charge in [-0.2, -0.15) is 0 Å². The van der Waals surface area contributed by atoms with Crippen LogP contribution in [0.3, 0.4) is 0 Å². The van der Waals surface area contributed by atoms with Crippen molar-refractivity contribution in [1.29, 1.82) is 0 Å². The monoisotopic (exact) mass is 230 g/mol. The summed E-state index contributed by atoms with van der Waals surface area (Å²) in [5, 5.41) is 2.68. The summed E-state index contributed by atoms with van der Waals surface area (Å²) in [6.45, 7) is 5.39. The molecule has 0 aromatic heterocycles. The van der Waals surface area contributed by atoms with Crippen molar-refractivity contribution < 1.29 is 19.1 Å². The number of rotatable bonds is 2. The highest BCUT2D eigenvalue weighted by atomic mass is 16.6. The molecule has 0 unspecified atom stereocenters. The maximum atomic E-state index is 11.3. The first kappa shape index (κ1) is 12.6. The summed E-state index contributed by atoms with van der Waals surface area (Å²) in [7, 11) is 0. The molecule has 0 aliphatic heterocycles. The van der Waals surface area contributed by atoms with Crippen molar-refractivity contribution in [3.63, 3.8) is 0 Å². The standard InChI is InChI=1S/C10H18N2O4/c1-10(2,3)16-9(14)12-6-4-7(5-6)15-8(11)13/h6-7H,4-5H2,1-3H3,(H2,11,13)(H,12,14). The van der Waals surface area contributed by atoms with Gasteiger partial charge in [-0.1, -0.05) is 0 Å². The van der Waals surface area contributed by atoms with Crippen LogP contribution in [-0.4, -0.2) is 29.9 Å². The summed E-state index contributed by atoms with van der Waals surface area (Å²) < 4.78 is 9.82. The molecule has 1 saturated carbocycles. The Kier molecular flexibility index (Phi) is 3.62. The summed E-state index contributed by atoms with van der Waals surface area (Å²) in [6, 6.07) is -0.000741. The molecular weight excluding hydrogens is 212 g/mol. The number of primary amides is 1. The molecule has 0 heterocycles. The van der Waals surface area contributed by atoms with Gasteiger partial charge in [0, 0.05) is 18.9 Å². The van der Waals surface area contributed by atoms with Crippen LogP contribution < -0.4 is 11.1 Å². The molecule has 2 amide bonds. The Hall–Kier alpha value is -1.46. The van der Waals surface area contributed by atoms with Gasteiger partial charge in [-0.15, -0.1) is 0 Å². The minimum absolute atomic E-state index is 0.000741. The van der Waals surface area contributed by atoms with Crippen LogP contribution in [0.5, 0.6) is 0 Å². The molecule has 92 valence electrons. The molecule has 0 bridgehead atoms. The number of amides is 2. The lowest BCUT2D eigenvalue weighted by molar-refractivity contribution is 0.0218. The van der Waals surface area contributed by atoms with Crippen LogP contribution in [0.1, 0.15) is 33.6 Å². The fourth-order valence-corrected chi connectivity index (χ4v) is 1.42. The first-order valence-corrected chi connectivity index (χ1v) is 5.22. The molecule has 3 N–H and O–H groups in total. The molecule has 16 heavy (non-hydrogen) atoms. The van der Waals surface area contributed by atoms with E-state index in [1.165, 1.54) is 0 Å². The van der Waals surface area contributed by atoms with Crippen LogP contribution in [0.25, 0.3) is 0 Å². The molecule has 1 aliphatic carbocycles. The fourth-order valence-electron chi connectivity index (χ4n) is 1.42. The average Bonchev–Trinajstić information content (AvgIpc) is 1.95. The molecule has 6 nitrogen and oxygen atoms in total. The van der Waals surface area contributed by atoms with E-state index in [0.29, 0.717) is 12.8 Å². The number of ether oxygens (including phenoxy) is 2. The van der Waals surface area contributed by atoms with Gasteiger partial charge in [0.05, 0.1) is 0 Å². The van der Waals surface area contributed by atoms with Crippen molar-refractivity contribution in [2.24, 2.45) is 5.73 Å². The normalized spacial score (nSPS) is 24.2. The van der Waals surface area contributed by atoms with E-state index in [4.69, 9.17) is 15.2 Å². The number of alkyl carbamates (subject to hydrolysis) is 1. The van der Waals surface area contributed by atoms with E-state index in [0.717, 1.165) is 0 Å². The molecule has 0 saturated heterocycles. The molecule has 0 atom stereocenters. The summed E-state index contributed by atoms with van der Waals surface area (Å²) >= 11 is 0. The molecular formula is C10H18N2O4. The topological polar surface area (TPSA) is 90.7 Å². The number of carbonyl (C=O) groups is 2. The van der Waals surface area contributed by atoms with Crippen LogP contribution in [0.2, 0.25) is 0 Å². The molecule has 1 rings (SSSR count). The van der Waals surface area contributed by atoms with E-state index in [2.05, 4.69) is 5.32 Å². The van der Waals surface area contributed by atoms with E-state index in [-0.39, 0.29) is 12.1 Å². The molecule has 0 aromatic rings. The fraction of sp³-hybridized carbons (Fsp3) is 0.800. The molecule has 6 heteroatoms. The second kappa shape index (κ2) is 4.59. The van der Waals surface area contributed by atoms with Crippen molar-refractivity contribution in [3.05, 3.63) is 0 Å². The zero-order chi connectivity index (χ0) is 12.3. The van der Waals surface area contributed by atoms with Crippen LogP contribution in [0.4, 0.5) is 9.59 Å². The quantitative estimate of drug-likeness (QED) is 0.744.